The van der Waals surface area contributed by atoms with Crippen LogP contribution in [0, 0.1) is 0 Å². The predicted octanol–water partition coefficient (Wildman–Crippen LogP) is 6.03. The second-order valence-electron chi connectivity index (χ2n) is 6.33. The van der Waals surface area contributed by atoms with Crippen LogP contribution in [0.5, 0.6) is 0 Å². The molecule has 1 atom stereocenters. The Labute approximate surface area is 135 Å². The Morgan fingerprint density at radius 1 is 0.727 bits per heavy atom. The van der Waals surface area contributed by atoms with Crippen molar-refractivity contribution in [3.8, 4) is 0 Å². The number of hydrogen-bond acceptors (Lipinski definition) is 1. The van der Waals surface area contributed by atoms with Crippen LogP contribution in [0.15, 0.2) is 60.7 Å². The number of rotatable bonds is 7. The molecule has 2 rings (SSSR count). The fourth-order valence-electron chi connectivity index (χ4n) is 3.90. The van der Waals surface area contributed by atoms with Gasteiger partial charge in [0.15, 0.2) is 0 Å². The zero-order valence-corrected chi connectivity index (χ0v) is 14.4. The molecular formula is C21H29N. The molecule has 0 amide bonds. The standard InChI is InChI=1S/C21H29N/c1-5-20(4,22-19-16-12-9-13-17-19)21(6-2,7-3)18-14-10-8-11-15-18/h8-17,22H,5-7H2,1-4H3. The van der Waals surface area contributed by atoms with Gasteiger partial charge in [0.25, 0.3) is 0 Å². The van der Waals surface area contributed by atoms with Gasteiger partial charge >= 0.3 is 0 Å². The minimum atomic E-state index is 0.0131. The summed E-state index contributed by atoms with van der Waals surface area (Å²) in [6.07, 6.45) is 3.33. The molecule has 0 radical (unpaired) electrons. The Hall–Kier alpha value is -1.76. The molecule has 2 aromatic carbocycles. The predicted molar refractivity (Wildman–Crippen MR) is 97.5 cm³/mol. The zero-order valence-electron chi connectivity index (χ0n) is 14.4. The molecule has 0 aliphatic heterocycles. The minimum Gasteiger partial charge on any atom is -0.379 e. The van der Waals surface area contributed by atoms with Crippen LogP contribution in [-0.2, 0) is 5.41 Å². The number of benzene rings is 2. The van der Waals surface area contributed by atoms with Gasteiger partial charge in [-0.15, -0.1) is 0 Å². The average Bonchev–Trinajstić information content (AvgIpc) is 2.58. The summed E-state index contributed by atoms with van der Waals surface area (Å²) >= 11 is 0. The molecule has 0 heterocycles. The first-order chi connectivity index (χ1) is 10.6. The highest BCUT2D eigenvalue weighted by Gasteiger charge is 2.45. The molecule has 0 fully saturated rings. The molecule has 0 aliphatic rings. The topological polar surface area (TPSA) is 12.0 Å². The van der Waals surface area contributed by atoms with Gasteiger partial charge in [0.1, 0.15) is 0 Å². The van der Waals surface area contributed by atoms with Gasteiger partial charge in [-0.25, -0.2) is 0 Å². The second-order valence-corrected chi connectivity index (χ2v) is 6.33. The highest BCUT2D eigenvalue weighted by molar-refractivity contribution is 5.48. The van der Waals surface area contributed by atoms with Crippen molar-refractivity contribution in [3.63, 3.8) is 0 Å². The van der Waals surface area contributed by atoms with Crippen molar-refractivity contribution in [2.75, 3.05) is 5.32 Å². The van der Waals surface area contributed by atoms with Gasteiger partial charge in [-0.1, -0.05) is 69.3 Å². The van der Waals surface area contributed by atoms with Crippen molar-refractivity contribution in [1.82, 2.24) is 0 Å². The molecule has 1 unspecified atom stereocenters. The lowest BCUT2D eigenvalue weighted by atomic mass is 9.61. The number of nitrogens with one attached hydrogen (secondary N) is 1. The third-order valence-electron chi connectivity index (χ3n) is 5.49. The second kappa shape index (κ2) is 7.00. The Balaban J connectivity index is 2.47. The number of hydrogen-bond donors (Lipinski definition) is 1. The first-order valence-corrected chi connectivity index (χ1v) is 8.50. The maximum Gasteiger partial charge on any atom is 0.0439 e. The monoisotopic (exact) mass is 295 g/mol. The van der Waals surface area contributed by atoms with Crippen LogP contribution in [-0.4, -0.2) is 5.54 Å². The SMILES string of the molecule is CCC(C)(Nc1ccccc1)C(CC)(CC)c1ccccc1. The van der Waals surface area contributed by atoms with Crippen molar-refractivity contribution >= 4 is 5.69 Å². The van der Waals surface area contributed by atoms with E-state index in [1.165, 1.54) is 11.3 Å². The van der Waals surface area contributed by atoms with Crippen molar-refractivity contribution < 1.29 is 0 Å². The lowest BCUT2D eigenvalue weighted by Gasteiger charge is -2.49. The fraction of sp³-hybridized carbons (Fsp3) is 0.429. The summed E-state index contributed by atoms with van der Waals surface area (Å²) in [6, 6.07) is 21.6. The Morgan fingerprint density at radius 2 is 1.23 bits per heavy atom. The summed E-state index contributed by atoms with van der Waals surface area (Å²) in [5.41, 5.74) is 2.78. The van der Waals surface area contributed by atoms with Gasteiger partial charge in [0, 0.05) is 16.6 Å². The van der Waals surface area contributed by atoms with Crippen LogP contribution >= 0.6 is 0 Å². The Morgan fingerprint density at radius 3 is 1.68 bits per heavy atom. The van der Waals surface area contributed by atoms with E-state index >= 15 is 0 Å². The highest BCUT2D eigenvalue weighted by Crippen LogP contribution is 2.45. The van der Waals surface area contributed by atoms with Crippen LogP contribution in [0.25, 0.3) is 0 Å². The summed E-state index contributed by atoms with van der Waals surface area (Å²) < 4.78 is 0. The molecule has 118 valence electrons. The molecule has 0 bridgehead atoms. The Kier molecular flexibility index (Phi) is 5.28. The van der Waals surface area contributed by atoms with Crippen LogP contribution in [0.4, 0.5) is 5.69 Å². The van der Waals surface area contributed by atoms with Crippen molar-refractivity contribution in [2.24, 2.45) is 0 Å². The summed E-state index contributed by atoms with van der Waals surface area (Å²) in [5, 5.41) is 3.85. The van der Waals surface area contributed by atoms with Gasteiger partial charge < -0.3 is 5.32 Å². The van der Waals surface area contributed by atoms with Crippen LogP contribution in [0.1, 0.15) is 52.5 Å². The highest BCUT2D eigenvalue weighted by atomic mass is 15.0. The first kappa shape index (κ1) is 16.6. The smallest absolute Gasteiger partial charge is 0.0439 e. The third kappa shape index (κ3) is 2.90. The van der Waals surface area contributed by atoms with Crippen molar-refractivity contribution in [2.45, 2.75) is 57.9 Å². The normalized spacial score (nSPS) is 14.4. The fourth-order valence-corrected chi connectivity index (χ4v) is 3.90. The van der Waals surface area contributed by atoms with Crippen LogP contribution in [0.2, 0.25) is 0 Å². The molecule has 1 heteroatoms. The molecule has 2 aromatic rings. The summed E-state index contributed by atoms with van der Waals surface area (Å²) in [4.78, 5) is 0. The zero-order chi connectivity index (χ0) is 16.1. The van der Waals surface area contributed by atoms with Gasteiger partial charge in [-0.05, 0) is 43.9 Å². The molecule has 0 spiro atoms. The summed E-state index contributed by atoms with van der Waals surface area (Å²) in [6.45, 7) is 9.30. The van der Waals surface area contributed by atoms with Gasteiger partial charge in [-0.2, -0.15) is 0 Å². The summed E-state index contributed by atoms with van der Waals surface area (Å²) in [5.74, 6) is 0. The molecule has 0 aliphatic carbocycles. The van der Waals surface area contributed by atoms with E-state index < -0.39 is 0 Å². The van der Waals surface area contributed by atoms with E-state index in [1.54, 1.807) is 0 Å². The third-order valence-corrected chi connectivity index (χ3v) is 5.49. The molecule has 1 N–H and O–H groups in total. The van der Waals surface area contributed by atoms with Crippen LogP contribution < -0.4 is 5.32 Å². The van der Waals surface area contributed by atoms with E-state index in [-0.39, 0.29) is 11.0 Å². The van der Waals surface area contributed by atoms with Crippen LogP contribution in [0.3, 0.4) is 0 Å². The Bertz CT molecular complexity index is 557. The maximum absolute atomic E-state index is 3.85. The van der Waals surface area contributed by atoms with Gasteiger partial charge in [0.2, 0.25) is 0 Å². The van der Waals surface area contributed by atoms with Gasteiger partial charge in [0.05, 0.1) is 0 Å². The largest absolute Gasteiger partial charge is 0.379 e. The van der Waals surface area contributed by atoms with E-state index in [2.05, 4.69) is 93.7 Å². The number of para-hydroxylation sites is 1. The average molecular weight is 295 g/mol. The summed E-state index contributed by atoms with van der Waals surface area (Å²) in [7, 11) is 0. The number of anilines is 1. The molecule has 22 heavy (non-hydrogen) atoms. The van der Waals surface area contributed by atoms with Gasteiger partial charge in [-0.3, -0.25) is 0 Å². The molecule has 0 saturated heterocycles. The van der Waals surface area contributed by atoms with E-state index in [9.17, 15) is 0 Å². The molecule has 0 saturated carbocycles. The van der Waals surface area contributed by atoms with E-state index in [0.717, 1.165) is 19.3 Å². The maximum atomic E-state index is 3.85. The minimum absolute atomic E-state index is 0.0131. The van der Waals surface area contributed by atoms with E-state index in [0.29, 0.717) is 0 Å². The lowest BCUT2D eigenvalue weighted by Crippen LogP contribution is -2.54. The molecule has 0 aromatic heterocycles. The quantitative estimate of drug-likeness (QED) is 0.658. The van der Waals surface area contributed by atoms with Crippen molar-refractivity contribution in [1.29, 1.82) is 0 Å². The van der Waals surface area contributed by atoms with E-state index in [4.69, 9.17) is 0 Å². The molecule has 1 nitrogen and oxygen atoms in total. The van der Waals surface area contributed by atoms with E-state index in [1.807, 2.05) is 0 Å². The lowest BCUT2D eigenvalue weighted by molar-refractivity contribution is 0.231. The first-order valence-electron chi connectivity index (χ1n) is 8.50. The molecular weight excluding hydrogens is 266 g/mol. The van der Waals surface area contributed by atoms with Crippen molar-refractivity contribution in [3.05, 3.63) is 66.2 Å².